The number of hydrogen-bond donors (Lipinski definition) is 1. The fourth-order valence-electron chi connectivity index (χ4n) is 3.99. The number of nitrogens with one attached hydrogen (secondary N) is 1. The Balaban J connectivity index is 1.53. The Labute approximate surface area is 167 Å². The molecule has 4 heteroatoms. The molecule has 0 bridgehead atoms. The third kappa shape index (κ3) is 4.49. The Kier molecular flexibility index (Phi) is 6.15. The highest BCUT2D eigenvalue weighted by molar-refractivity contribution is 5.56. The van der Waals surface area contributed by atoms with E-state index in [1.807, 2.05) is 0 Å². The molecule has 28 heavy (non-hydrogen) atoms. The minimum Gasteiger partial charge on any atom is -0.494 e. The van der Waals surface area contributed by atoms with Crippen LogP contribution in [0.15, 0.2) is 48.7 Å². The van der Waals surface area contributed by atoms with Crippen LogP contribution >= 0.6 is 0 Å². The summed E-state index contributed by atoms with van der Waals surface area (Å²) in [4.78, 5) is 4.93. The van der Waals surface area contributed by atoms with Gasteiger partial charge in [0.1, 0.15) is 17.2 Å². The van der Waals surface area contributed by atoms with Gasteiger partial charge in [0, 0.05) is 18.7 Å². The number of hydrogen-bond acceptors (Lipinski definition) is 3. The lowest BCUT2D eigenvalue weighted by Crippen LogP contribution is -2.23. The number of nitrogens with zero attached hydrogens (tertiary/aromatic N) is 2. The van der Waals surface area contributed by atoms with Crippen molar-refractivity contribution in [2.24, 2.45) is 0 Å². The molecule has 0 spiro atoms. The van der Waals surface area contributed by atoms with Crippen molar-refractivity contribution in [3.05, 3.63) is 59.9 Å². The fourth-order valence-corrected chi connectivity index (χ4v) is 3.99. The summed E-state index contributed by atoms with van der Waals surface area (Å²) in [6.07, 6.45) is 11.7. The van der Waals surface area contributed by atoms with E-state index in [4.69, 9.17) is 9.72 Å². The van der Waals surface area contributed by atoms with Crippen LogP contribution in [0.2, 0.25) is 0 Å². The Bertz CT molecular complexity index is 879. The summed E-state index contributed by atoms with van der Waals surface area (Å²) < 4.78 is 7.99. The number of imidazole rings is 1. The minimum absolute atomic E-state index is 0.557. The highest BCUT2D eigenvalue weighted by Crippen LogP contribution is 2.27. The molecular formula is C24H31N3O. The van der Waals surface area contributed by atoms with E-state index in [1.54, 1.807) is 0 Å². The number of unbranched alkanes of at least 4 members (excludes halogenated alkanes) is 1. The second-order valence-corrected chi connectivity index (χ2v) is 7.84. The van der Waals surface area contributed by atoms with Crippen LogP contribution in [0.25, 0.3) is 5.65 Å². The van der Waals surface area contributed by atoms with Crippen LogP contribution in [0.3, 0.4) is 0 Å². The Hall–Kier alpha value is -2.49. The molecule has 4 nitrogen and oxygen atoms in total. The van der Waals surface area contributed by atoms with E-state index >= 15 is 0 Å². The molecule has 0 radical (unpaired) electrons. The molecule has 0 saturated heterocycles. The summed E-state index contributed by atoms with van der Waals surface area (Å²) in [6, 6.07) is 15.3. The third-order valence-electron chi connectivity index (χ3n) is 5.61. The van der Waals surface area contributed by atoms with Crippen LogP contribution in [0.1, 0.15) is 63.1 Å². The van der Waals surface area contributed by atoms with Crippen LogP contribution in [-0.2, 0) is 6.42 Å². The van der Waals surface area contributed by atoms with Crippen molar-refractivity contribution < 1.29 is 4.74 Å². The zero-order chi connectivity index (χ0) is 19.2. The molecule has 4 rings (SSSR count). The Morgan fingerprint density at radius 2 is 1.89 bits per heavy atom. The van der Waals surface area contributed by atoms with E-state index < -0.39 is 0 Å². The van der Waals surface area contributed by atoms with Crippen molar-refractivity contribution in [2.45, 2.75) is 64.3 Å². The molecule has 3 aromatic rings. The van der Waals surface area contributed by atoms with Crippen LogP contribution in [-0.4, -0.2) is 22.0 Å². The van der Waals surface area contributed by atoms with Gasteiger partial charge < -0.3 is 10.1 Å². The average Bonchev–Trinajstić information content (AvgIpc) is 3.07. The number of anilines is 1. The number of fused-ring (bicyclic) bond motifs is 1. The van der Waals surface area contributed by atoms with Gasteiger partial charge in [0.15, 0.2) is 0 Å². The van der Waals surface area contributed by atoms with Crippen LogP contribution < -0.4 is 10.1 Å². The van der Waals surface area contributed by atoms with Crippen LogP contribution in [0.4, 0.5) is 5.82 Å². The predicted octanol–water partition coefficient (Wildman–Crippen LogP) is 5.85. The van der Waals surface area contributed by atoms with Gasteiger partial charge in [-0.25, -0.2) is 4.98 Å². The van der Waals surface area contributed by atoms with Gasteiger partial charge in [-0.15, -0.1) is 0 Å². The fraction of sp³-hybridized carbons (Fsp3) is 0.458. The van der Waals surface area contributed by atoms with Gasteiger partial charge in [-0.1, -0.05) is 50.8 Å². The first-order chi connectivity index (χ1) is 13.8. The van der Waals surface area contributed by atoms with Crippen molar-refractivity contribution in [3.8, 4) is 5.75 Å². The highest BCUT2D eigenvalue weighted by Gasteiger charge is 2.18. The quantitative estimate of drug-likeness (QED) is 0.501. The zero-order valence-electron chi connectivity index (χ0n) is 16.9. The van der Waals surface area contributed by atoms with E-state index in [2.05, 4.69) is 65.3 Å². The first kappa shape index (κ1) is 18.9. The highest BCUT2D eigenvalue weighted by atomic mass is 16.5. The van der Waals surface area contributed by atoms with Crippen LogP contribution in [0.5, 0.6) is 5.75 Å². The normalized spacial score (nSPS) is 15.0. The van der Waals surface area contributed by atoms with Gasteiger partial charge in [-0.2, -0.15) is 0 Å². The summed E-state index contributed by atoms with van der Waals surface area (Å²) in [6.45, 7) is 2.97. The van der Waals surface area contributed by atoms with E-state index in [1.165, 1.54) is 37.7 Å². The molecule has 148 valence electrons. The smallest absolute Gasteiger partial charge is 0.138 e. The number of pyridine rings is 1. The van der Waals surface area contributed by atoms with Gasteiger partial charge in [0.05, 0.1) is 12.3 Å². The topological polar surface area (TPSA) is 38.6 Å². The van der Waals surface area contributed by atoms with E-state index in [-0.39, 0.29) is 0 Å². The van der Waals surface area contributed by atoms with Crippen molar-refractivity contribution in [2.75, 3.05) is 11.9 Å². The van der Waals surface area contributed by atoms with Crippen LogP contribution in [0, 0.1) is 0 Å². The maximum atomic E-state index is 5.79. The van der Waals surface area contributed by atoms with Gasteiger partial charge in [-0.3, -0.25) is 4.40 Å². The molecule has 0 unspecified atom stereocenters. The minimum atomic E-state index is 0.557. The summed E-state index contributed by atoms with van der Waals surface area (Å²) >= 11 is 0. The van der Waals surface area contributed by atoms with Gasteiger partial charge >= 0.3 is 0 Å². The third-order valence-corrected chi connectivity index (χ3v) is 5.61. The molecule has 0 amide bonds. The van der Waals surface area contributed by atoms with E-state index in [0.717, 1.165) is 48.8 Å². The molecule has 1 aromatic carbocycles. The molecule has 2 aromatic heterocycles. The number of rotatable bonds is 8. The molecular weight excluding hydrogens is 346 g/mol. The number of aromatic nitrogens is 2. The summed E-state index contributed by atoms with van der Waals surface area (Å²) in [5, 5.41) is 3.81. The number of ether oxygens (including phenoxy) is 1. The van der Waals surface area contributed by atoms with Gasteiger partial charge in [0.25, 0.3) is 0 Å². The average molecular weight is 378 g/mol. The maximum absolute atomic E-state index is 5.79. The van der Waals surface area contributed by atoms with E-state index in [0.29, 0.717) is 6.04 Å². The van der Waals surface area contributed by atoms with E-state index in [9.17, 15) is 0 Å². The van der Waals surface area contributed by atoms with Crippen molar-refractivity contribution >= 4 is 11.5 Å². The summed E-state index contributed by atoms with van der Waals surface area (Å²) in [7, 11) is 0. The molecule has 0 aliphatic heterocycles. The molecule has 1 fully saturated rings. The maximum Gasteiger partial charge on any atom is 0.138 e. The Morgan fingerprint density at radius 1 is 1.07 bits per heavy atom. The lowest BCUT2D eigenvalue weighted by Gasteiger charge is -2.24. The van der Waals surface area contributed by atoms with Gasteiger partial charge in [-0.05, 0) is 49.1 Å². The summed E-state index contributed by atoms with van der Waals surface area (Å²) in [5.74, 6) is 2.11. The second kappa shape index (κ2) is 9.13. The molecule has 1 aliphatic carbocycles. The lowest BCUT2D eigenvalue weighted by atomic mass is 9.95. The van der Waals surface area contributed by atoms with Crippen molar-refractivity contribution in [1.82, 2.24) is 9.38 Å². The first-order valence-corrected chi connectivity index (χ1v) is 10.8. The zero-order valence-corrected chi connectivity index (χ0v) is 16.9. The second-order valence-electron chi connectivity index (χ2n) is 7.84. The molecule has 2 heterocycles. The lowest BCUT2D eigenvalue weighted by molar-refractivity contribution is 0.309. The summed E-state index contributed by atoms with van der Waals surface area (Å²) in [5.41, 5.74) is 3.39. The Morgan fingerprint density at radius 3 is 2.68 bits per heavy atom. The standard InChI is InChI=1S/C24H31N3O/c1-2-3-17-28-21-14-12-19(13-15-21)18-22-24(25-20-9-5-4-6-10-20)27-16-8-7-11-23(27)26-22/h7-8,11-16,20,25H,2-6,9-10,17-18H2,1H3. The molecule has 1 aliphatic rings. The molecule has 1 saturated carbocycles. The molecule has 1 N–H and O–H groups in total. The first-order valence-electron chi connectivity index (χ1n) is 10.8. The van der Waals surface area contributed by atoms with Gasteiger partial charge in [0.2, 0.25) is 0 Å². The monoisotopic (exact) mass is 377 g/mol. The van der Waals surface area contributed by atoms with Crippen molar-refractivity contribution in [3.63, 3.8) is 0 Å². The predicted molar refractivity (Wildman–Crippen MR) is 115 cm³/mol. The SMILES string of the molecule is CCCCOc1ccc(Cc2nc3ccccn3c2NC2CCCCC2)cc1. The van der Waals surface area contributed by atoms with Crippen molar-refractivity contribution in [1.29, 1.82) is 0 Å². The largest absolute Gasteiger partial charge is 0.494 e. The molecule has 0 atom stereocenters. The number of benzene rings is 1.